The highest BCUT2D eigenvalue weighted by Gasteiger charge is 2.24. The van der Waals surface area contributed by atoms with Gasteiger partial charge in [0.05, 0.1) is 6.21 Å². The monoisotopic (exact) mass is 222 g/mol. The van der Waals surface area contributed by atoms with Crippen LogP contribution in [0.25, 0.3) is 0 Å². The zero-order valence-electron chi connectivity index (χ0n) is 9.91. The van der Waals surface area contributed by atoms with Gasteiger partial charge < -0.3 is 15.2 Å². The lowest BCUT2D eigenvalue weighted by atomic mass is 10.1. The molecule has 0 aromatic rings. The molecule has 0 saturated carbocycles. The van der Waals surface area contributed by atoms with Crippen molar-refractivity contribution >= 4 is 12.1 Å². The summed E-state index contributed by atoms with van der Waals surface area (Å²) in [4.78, 5) is 4.67. The van der Waals surface area contributed by atoms with Crippen molar-refractivity contribution in [2.75, 3.05) is 26.2 Å². The highest BCUT2D eigenvalue weighted by Crippen LogP contribution is 2.21. The largest absolute Gasteiger partial charge is 0.356 e. The second kappa shape index (κ2) is 5.43. The first-order chi connectivity index (χ1) is 7.81. The van der Waals surface area contributed by atoms with E-state index in [-0.39, 0.29) is 0 Å². The molecule has 0 bridgehead atoms. The summed E-state index contributed by atoms with van der Waals surface area (Å²) in [7, 11) is 0. The van der Waals surface area contributed by atoms with Crippen molar-refractivity contribution in [2.24, 2.45) is 0 Å². The topological polar surface area (TPSA) is 54.2 Å². The quantitative estimate of drug-likeness (QED) is 0.550. The van der Waals surface area contributed by atoms with E-state index in [1.807, 2.05) is 4.90 Å². The molecule has 2 N–H and O–H groups in total. The first kappa shape index (κ1) is 11.6. The van der Waals surface area contributed by atoms with Gasteiger partial charge in [0.2, 0.25) is 0 Å². The van der Waals surface area contributed by atoms with E-state index in [1.165, 1.54) is 32.4 Å². The summed E-state index contributed by atoms with van der Waals surface area (Å²) >= 11 is 0. The SMILES string of the molecule is N=CC(=N)N1CCCC(N2CCCC2)CC1. The van der Waals surface area contributed by atoms with Crippen molar-refractivity contribution in [1.82, 2.24) is 9.80 Å². The molecule has 90 valence electrons. The van der Waals surface area contributed by atoms with Gasteiger partial charge in [-0.05, 0) is 45.2 Å². The van der Waals surface area contributed by atoms with Gasteiger partial charge in [-0.2, -0.15) is 0 Å². The van der Waals surface area contributed by atoms with Crippen LogP contribution in [0.2, 0.25) is 0 Å². The number of nitrogens with zero attached hydrogens (tertiary/aromatic N) is 2. The van der Waals surface area contributed by atoms with E-state index >= 15 is 0 Å². The van der Waals surface area contributed by atoms with E-state index in [2.05, 4.69) is 4.90 Å². The minimum Gasteiger partial charge on any atom is -0.356 e. The molecule has 0 aliphatic carbocycles. The van der Waals surface area contributed by atoms with Crippen molar-refractivity contribution in [3.63, 3.8) is 0 Å². The molecular formula is C12H22N4. The number of rotatable bonds is 2. The predicted molar refractivity (Wildman–Crippen MR) is 66.5 cm³/mol. The number of hydrogen-bond acceptors (Lipinski definition) is 3. The summed E-state index contributed by atoms with van der Waals surface area (Å²) in [6, 6.07) is 0.728. The van der Waals surface area contributed by atoms with Gasteiger partial charge >= 0.3 is 0 Å². The lowest BCUT2D eigenvalue weighted by Crippen LogP contribution is -2.35. The molecule has 1 atom stereocenters. The van der Waals surface area contributed by atoms with Crippen LogP contribution in [0.1, 0.15) is 32.1 Å². The smallest absolute Gasteiger partial charge is 0.138 e. The van der Waals surface area contributed by atoms with E-state index in [0.717, 1.165) is 38.2 Å². The minimum atomic E-state index is 0.377. The third-order valence-corrected chi connectivity index (χ3v) is 3.83. The molecule has 2 fully saturated rings. The standard InChI is InChI=1S/C12H22N4/c13-10-12(14)16-8-3-4-11(5-9-16)15-6-1-2-7-15/h10-11,13-14H,1-9H2. The van der Waals surface area contributed by atoms with Crippen LogP contribution >= 0.6 is 0 Å². The average molecular weight is 222 g/mol. The van der Waals surface area contributed by atoms with Gasteiger partial charge in [0, 0.05) is 19.1 Å². The molecule has 0 aromatic carbocycles. The summed E-state index contributed by atoms with van der Waals surface area (Å²) in [6.45, 7) is 4.45. The molecule has 2 heterocycles. The predicted octanol–water partition coefficient (Wildman–Crippen LogP) is 1.56. The molecule has 0 amide bonds. The molecule has 0 spiro atoms. The molecule has 4 nitrogen and oxygen atoms in total. The Bertz CT molecular complexity index is 258. The van der Waals surface area contributed by atoms with Crippen LogP contribution in [0.5, 0.6) is 0 Å². The summed E-state index contributed by atoms with van der Waals surface area (Å²) in [6.07, 6.45) is 7.47. The zero-order chi connectivity index (χ0) is 11.4. The van der Waals surface area contributed by atoms with E-state index < -0.39 is 0 Å². The summed E-state index contributed by atoms with van der Waals surface area (Å²) in [5.41, 5.74) is 0. The van der Waals surface area contributed by atoms with Crippen LogP contribution in [0.3, 0.4) is 0 Å². The summed E-state index contributed by atoms with van der Waals surface area (Å²) < 4.78 is 0. The molecule has 0 aromatic heterocycles. The first-order valence-electron chi connectivity index (χ1n) is 6.39. The molecule has 2 aliphatic heterocycles. The maximum Gasteiger partial charge on any atom is 0.138 e. The average Bonchev–Trinajstić information content (AvgIpc) is 2.73. The number of amidine groups is 1. The lowest BCUT2D eigenvalue weighted by Gasteiger charge is -2.26. The maximum absolute atomic E-state index is 7.67. The zero-order valence-corrected chi connectivity index (χ0v) is 9.91. The van der Waals surface area contributed by atoms with Crippen LogP contribution < -0.4 is 0 Å². The maximum atomic E-state index is 7.67. The van der Waals surface area contributed by atoms with Gasteiger partial charge in [0.15, 0.2) is 0 Å². The third kappa shape index (κ3) is 2.61. The Morgan fingerprint density at radius 3 is 2.44 bits per heavy atom. The fraction of sp³-hybridized carbons (Fsp3) is 0.833. The Labute approximate surface area is 97.6 Å². The van der Waals surface area contributed by atoms with Crippen LogP contribution in [0.15, 0.2) is 0 Å². The third-order valence-electron chi connectivity index (χ3n) is 3.83. The van der Waals surface area contributed by atoms with Gasteiger partial charge in [-0.1, -0.05) is 0 Å². The fourth-order valence-corrected chi connectivity index (χ4v) is 2.88. The van der Waals surface area contributed by atoms with Crippen molar-refractivity contribution in [3.05, 3.63) is 0 Å². The molecule has 4 heteroatoms. The molecule has 1 unspecified atom stereocenters. The van der Waals surface area contributed by atoms with Crippen molar-refractivity contribution < 1.29 is 0 Å². The summed E-state index contributed by atoms with van der Waals surface area (Å²) in [5, 5.41) is 14.8. The van der Waals surface area contributed by atoms with Crippen LogP contribution in [-0.4, -0.2) is 54.1 Å². The van der Waals surface area contributed by atoms with E-state index in [4.69, 9.17) is 10.8 Å². The van der Waals surface area contributed by atoms with E-state index in [9.17, 15) is 0 Å². The number of hydrogen-bond donors (Lipinski definition) is 2. The minimum absolute atomic E-state index is 0.377. The molecular weight excluding hydrogens is 200 g/mol. The molecule has 16 heavy (non-hydrogen) atoms. The molecule has 2 saturated heterocycles. The second-order valence-electron chi connectivity index (χ2n) is 4.84. The lowest BCUT2D eigenvalue weighted by molar-refractivity contribution is 0.222. The molecule has 2 rings (SSSR count). The highest BCUT2D eigenvalue weighted by atomic mass is 15.2. The van der Waals surface area contributed by atoms with Gasteiger partial charge in [-0.15, -0.1) is 0 Å². The van der Waals surface area contributed by atoms with E-state index in [0.29, 0.717) is 5.84 Å². The Morgan fingerprint density at radius 2 is 1.75 bits per heavy atom. The van der Waals surface area contributed by atoms with Crippen molar-refractivity contribution in [3.8, 4) is 0 Å². The molecule has 0 radical (unpaired) electrons. The first-order valence-corrected chi connectivity index (χ1v) is 6.39. The second-order valence-corrected chi connectivity index (χ2v) is 4.84. The van der Waals surface area contributed by atoms with Crippen molar-refractivity contribution in [2.45, 2.75) is 38.1 Å². The van der Waals surface area contributed by atoms with Crippen LogP contribution in [0, 0.1) is 10.8 Å². The van der Waals surface area contributed by atoms with Crippen LogP contribution in [-0.2, 0) is 0 Å². The van der Waals surface area contributed by atoms with Crippen LogP contribution in [0.4, 0.5) is 0 Å². The summed E-state index contributed by atoms with van der Waals surface area (Å²) in [5.74, 6) is 0.377. The normalized spacial score (nSPS) is 27.8. The Kier molecular flexibility index (Phi) is 3.93. The molecule has 2 aliphatic rings. The Morgan fingerprint density at radius 1 is 1.00 bits per heavy atom. The van der Waals surface area contributed by atoms with Crippen molar-refractivity contribution in [1.29, 1.82) is 10.8 Å². The van der Waals surface area contributed by atoms with Gasteiger partial charge in [0.25, 0.3) is 0 Å². The van der Waals surface area contributed by atoms with Gasteiger partial charge in [-0.3, -0.25) is 5.41 Å². The number of nitrogens with one attached hydrogen (secondary N) is 2. The Hall–Kier alpha value is -0.900. The van der Waals surface area contributed by atoms with Gasteiger partial charge in [-0.25, -0.2) is 0 Å². The van der Waals surface area contributed by atoms with E-state index in [1.54, 1.807) is 0 Å². The van der Waals surface area contributed by atoms with Gasteiger partial charge in [0.1, 0.15) is 5.84 Å². The highest BCUT2D eigenvalue weighted by molar-refractivity contribution is 6.26. The number of likely N-dealkylation sites (tertiary alicyclic amines) is 2. The Balaban J connectivity index is 1.87. The fourth-order valence-electron chi connectivity index (χ4n) is 2.88.